The SMILES string of the molecule is O=C(c1ccccc1)N1CCOC1c1ccccc1. The third kappa shape index (κ3) is 2.37. The van der Waals surface area contributed by atoms with Crippen molar-refractivity contribution in [2.75, 3.05) is 13.2 Å². The van der Waals surface area contributed by atoms with Crippen molar-refractivity contribution in [3.8, 4) is 0 Å². The second kappa shape index (κ2) is 5.24. The van der Waals surface area contributed by atoms with E-state index < -0.39 is 0 Å². The maximum absolute atomic E-state index is 12.5. The number of nitrogens with zero attached hydrogens (tertiary/aromatic N) is 1. The molecule has 96 valence electrons. The highest BCUT2D eigenvalue weighted by Crippen LogP contribution is 2.28. The van der Waals surface area contributed by atoms with Crippen LogP contribution in [0.2, 0.25) is 0 Å². The number of hydrogen-bond acceptors (Lipinski definition) is 2. The second-order valence-electron chi connectivity index (χ2n) is 4.50. The molecular weight excluding hydrogens is 238 g/mol. The van der Waals surface area contributed by atoms with Gasteiger partial charge in [0.1, 0.15) is 0 Å². The van der Waals surface area contributed by atoms with Crippen LogP contribution < -0.4 is 0 Å². The summed E-state index contributed by atoms with van der Waals surface area (Å²) in [6, 6.07) is 19.2. The van der Waals surface area contributed by atoms with Gasteiger partial charge in [0, 0.05) is 17.7 Å². The molecule has 0 aromatic heterocycles. The Morgan fingerprint density at radius 3 is 2.32 bits per heavy atom. The fourth-order valence-electron chi connectivity index (χ4n) is 2.32. The summed E-state index contributed by atoms with van der Waals surface area (Å²) in [5, 5.41) is 0. The number of carbonyl (C=O) groups excluding carboxylic acids is 1. The minimum Gasteiger partial charge on any atom is -0.352 e. The Bertz CT molecular complexity index is 553. The van der Waals surface area contributed by atoms with E-state index in [-0.39, 0.29) is 12.1 Å². The van der Waals surface area contributed by atoms with E-state index in [1.807, 2.05) is 60.7 Å². The van der Waals surface area contributed by atoms with Crippen LogP contribution in [0.15, 0.2) is 60.7 Å². The monoisotopic (exact) mass is 253 g/mol. The number of amides is 1. The van der Waals surface area contributed by atoms with Crippen molar-refractivity contribution in [3.63, 3.8) is 0 Å². The van der Waals surface area contributed by atoms with Crippen LogP contribution in [0.1, 0.15) is 22.1 Å². The van der Waals surface area contributed by atoms with E-state index in [1.165, 1.54) is 0 Å². The minimum absolute atomic E-state index is 0.0203. The van der Waals surface area contributed by atoms with Crippen molar-refractivity contribution in [1.82, 2.24) is 4.90 Å². The van der Waals surface area contributed by atoms with Crippen LogP contribution in [0, 0.1) is 0 Å². The Morgan fingerprint density at radius 1 is 1.00 bits per heavy atom. The molecule has 1 heterocycles. The lowest BCUT2D eigenvalue weighted by molar-refractivity contribution is 0.0272. The highest BCUT2D eigenvalue weighted by molar-refractivity contribution is 5.94. The molecule has 0 spiro atoms. The number of ether oxygens (including phenoxy) is 1. The molecule has 1 aliphatic rings. The Kier molecular flexibility index (Phi) is 3.29. The van der Waals surface area contributed by atoms with E-state index in [0.29, 0.717) is 18.7 Å². The molecule has 3 nitrogen and oxygen atoms in total. The van der Waals surface area contributed by atoms with Gasteiger partial charge < -0.3 is 9.64 Å². The van der Waals surface area contributed by atoms with Gasteiger partial charge in [0.15, 0.2) is 6.23 Å². The number of rotatable bonds is 2. The quantitative estimate of drug-likeness (QED) is 0.823. The molecule has 1 atom stereocenters. The van der Waals surface area contributed by atoms with E-state index in [4.69, 9.17) is 4.74 Å². The summed E-state index contributed by atoms with van der Waals surface area (Å²) in [6.45, 7) is 1.21. The first-order valence-corrected chi connectivity index (χ1v) is 6.39. The van der Waals surface area contributed by atoms with Crippen LogP contribution in [0.25, 0.3) is 0 Å². The molecule has 1 fully saturated rings. The number of hydrogen-bond donors (Lipinski definition) is 0. The van der Waals surface area contributed by atoms with E-state index in [0.717, 1.165) is 5.56 Å². The van der Waals surface area contributed by atoms with Gasteiger partial charge in [-0.15, -0.1) is 0 Å². The number of carbonyl (C=O) groups is 1. The van der Waals surface area contributed by atoms with Gasteiger partial charge in [-0.3, -0.25) is 4.79 Å². The Hall–Kier alpha value is -2.13. The van der Waals surface area contributed by atoms with Crippen LogP contribution >= 0.6 is 0 Å². The third-order valence-corrected chi connectivity index (χ3v) is 3.26. The smallest absolute Gasteiger partial charge is 0.256 e. The Labute approximate surface area is 112 Å². The van der Waals surface area contributed by atoms with Gasteiger partial charge in [0.25, 0.3) is 5.91 Å². The Morgan fingerprint density at radius 2 is 1.63 bits per heavy atom. The van der Waals surface area contributed by atoms with E-state index in [2.05, 4.69) is 0 Å². The van der Waals surface area contributed by atoms with Gasteiger partial charge in [-0.05, 0) is 12.1 Å². The third-order valence-electron chi connectivity index (χ3n) is 3.26. The molecule has 19 heavy (non-hydrogen) atoms. The molecule has 1 unspecified atom stereocenters. The van der Waals surface area contributed by atoms with E-state index in [9.17, 15) is 4.79 Å². The van der Waals surface area contributed by atoms with Gasteiger partial charge >= 0.3 is 0 Å². The average Bonchev–Trinajstić information content (AvgIpc) is 2.98. The summed E-state index contributed by atoms with van der Waals surface area (Å²) in [4.78, 5) is 14.3. The molecule has 0 saturated carbocycles. The fraction of sp³-hybridized carbons (Fsp3) is 0.188. The minimum atomic E-state index is -0.270. The van der Waals surface area contributed by atoms with Crippen LogP contribution in [-0.2, 0) is 4.74 Å². The number of benzene rings is 2. The molecule has 3 rings (SSSR count). The molecule has 1 aliphatic heterocycles. The van der Waals surface area contributed by atoms with Gasteiger partial charge in [0.05, 0.1) is 6.61 Å². The van der Waals surface area contributed by atoms with Crippen molar-refractivity contribution in [3.05, 3.63) is 71.8 Å². The second-order valence-corrected chi connectivity index (χ2v) is 4.50. The van der Waals surface area contributed by atoms with Crippen molar-refractivity contribution in [2.45, 2.75) is 6.23 Å². The van der Waals surface area contributed by atoms with Gasteiger partial charge in [-0.25, -0.2) is 0 Å². The van der Waals surface area contributed by atoms with E-state index >= 15 is 0 Å². The van der Waals surface area contributed by atoms with Gasteiger partial charge in [0.2, 0.25) is 0 Å². The summed E-state index contributed by atoms with van der Waals surface area (Å²) in [6.07, 6.45) is -0.270. The normalized spacial score (nSPS) is 18.5. The predicted molar refractivity (Wildman–Crippen MR) is 72.6 cm³/mol. The zero-order chi connectivity index (χ0) is 13.1. The van der Waals surface area contributed by atoms with Crippen LogP contribution in [0.4, 0.5) is 0 Å². The molecule has 1 amide bonds. The molecule has 1 saturated heterocycles. The summed E-state index contributed by atoms with van der Waals surface area (Å²) in [7, 11) is 0. The summed E-state index contributed by atoms with van der Waals surface area (Å²) >= 11 is 0. The molecule has 0 radical (unpaired) electrons. The topological polar surface area (TPSA) is 29.5 Å². The van der Waals surface area contributed by atoms with Crippen LogP contribution in [-0.4, -0.2) is 24.0 Å². The highest BCUT2D eigenvalue weighted by Gasteiger charge is 2.31. The van der Waals surface area contributed by atoms with Crippen molar-refractivity contribution < 1.29 is 9.53 Å². The average molecular weight is 253 g/mol. The van der Waals surface area contributed by atoms with Gasteiger partial charge in [-0.2, -0.15) is 0 Å². The Balaban J connectivity index is 1.86. The molecular formula is C16H15NO2. The standard InChI is InChI=1S/C16H15NO2/c18-15(13-7-3-1-4-8-13)17-11-12-19-16(17)14-9-5-2-6-10-14/h1-10,16H,11-12H2. The molecule has 2 aromatic carbocycles. The molecule has 2 aromatic rings. The summed E-state index contributed by atoms with van der Waals surface area (Å²) < 4.78 is 5.70. The van der Waals surface area contributed by atoms with Gasteiger partial charge in [-0.1, -0.05) is 48.5 Å². The lowest BCUT2D eigenvalue weighted by Gasteiger charge is -2.23. The maximum atomic E-state index is 12.5. The van der Waals surface area contributed by atoms with Crippen molar-refractivity contribution >= 4 is 5.91 Å². The van der Waals surface area contributed by atoms with Crippen molar-refractivity contribution in [1.29, 1.82) is 0 Å². The molecule has 0 bridgehead atoms. The zero-order valence-corrected chi connectivity index (χ0v) is 10.5. The highest BCUT2D eigenvalue weighted by atomic mass is 16.5. The van der Waals surface area contributed by atoms with Crippen molar-refractivity contribution in [2.24, 2.45) is 0 Å². The molecule has 0 aliphatic carbocycles. The first-order chi connectivity index (χ1) is 9.36. The lowest BCUT2D eigenvalue weighted by atomic mass is 10.1. The molecule has 3 heteroatoms. The van der Waals surface area contributed by atoms with Crippen LogP contribution in [0.5, 0.6) is 0 Å². The van der Waals surface area contributed by atoms with E-state index in [1.54, 1.807) is 4.90 Å². The first-order valence-electron chi connectivity index (χ1n) is 6.39. The maximum Gasteiger partial charge on any atom is 0.256 e. The van der Waals surface area contributed by atoms with Crippen LogP contribution in [0.3, 0.4) is 0 Å². The largest absolute Gasteiger partial charge is 0.352 e. The molecule has 0 N–H and O–H groups in total. The predicted octanol–water partition coefficient (Wildman–Crippen LogP) is 2.86. The first kappa shape index (κ1) is 11.9. The fourth-order valence-corrected chi connectivity index (χ4v) is 2.32. The lowest BCUT2D eigenvalue weighted by Crippen LogP contribution is -2.31. The summed E-state index contributed by atoms with van der Waals surface area (Å²) in [5.41, 5.74) is 1.72. The summed E-state index contributed by atoms with van der Waals surface area (Å²) in [5.74, 6) is 0.0203. The zero-order valence-electron chi connectivity index (χ0n) is 10.5.